The summed E-state index contributed by atoms with van der Waals surface area (Å²) in [5, 5.41) is 0. The van der Waals surface area contributed by atoms with Gasteiger partial charge < -0.3 is 9.47 Å². The largest absolute Gasteiger partial charge is 0.355 e. The molecule has 0 unspecified atom stereocenters. The zero-order valence-electron chi connectivity index (χ0n) is 9.00. The van der Waals surface area contributed by atoms with Crippen LogP contribution in [-0.2, 0) is 9.47 Å². The Morgan fingerprint density at radius 2 is 1.94 bits per heavy atom. The molecule has 0 bridgehead atoms. The maximum absolute atomic E-state index is 13.2. The molecule has 3 nitrogen and oxygen atoms in total. The third-order valence-electron chi connectivity index (χ3n) is 2.11. The Morgan fingerprint density at radius 3 is 2.50 bits per heavy atom. The lowest BCUT2D eigenvalue weighted by atomic mass is 10.1. The number of carbonyl (C=O) groups is 1. The van der Waals surface area contributed by atoms with Crippen molar-refractivity contribution in [3.63, 3.8) is 0 Å². The first-order valence-corrected chi connectivity index (χ1v) is 4.62. The van der Waals surface area contributed by atoms with Gasteiger partial charge in [0.2, 0.25) is 0 Å². The summed E-state index contributed by atoms with van der Waals surface area (Å²) >= 11 is 0. The highest BCUT2D eigenvalue weighted by molar-refractivity contribution is 5.96. The molecule has 0 fully saturated rings. The Labute approximate surface area is 92.0 Å². The molecular formula is C11H12F2O3. The molecule has 0 N–H and O–H groups in total. The summed E-state index contributed by atoms with van der Waals surface area (Å²) in [5.74, 6) is -1.97. The van der Waals surface area contributed by atoms with Crippen molar-refractivity contribution in [1.29, 1.82) is 0 Å². The van der Waals surface area contributed by atoms with Crippen molar-refractivity contribution >= 4 is 5.78 Å². The van der Waals surface area contributed by atoms with Gasteiger partial charge in [-0.05, 0) is 18.2 Å². The molecule has 16 heavy (non-hydrogen) atoms. The average molecular weight is 230 g/mol. The smallest absolute Gasteiger partial charge is 0.170 e. The van der Waals surface area contributed by atoms with Crippen LogP contribution < -0.4 is 0 Å². The van der Waals surface area contributed by atoms with Crippen molar-refractivity contribution in [1.82, 2.24) is 0 Å². The maximum Gasteiger partial charge on any atom is 0.170 e. The van der Waals surface area contributed by atoms with E-state index >= 15 is 0 Å². The van der Waals surface area contributed by atoms with Gasteiger partial charge in [-0.25, -0.2) is 8.78 Å². The van der Waals surface area contributed by atoms with Gasteiger partial charge in [0.25, 0.3) is 0 Å². The molecule has 1 aromatic rings. The number of ether oxygens (including phenoxy) is 2. The number of halogens is 2. The second-order valence-electron chi connectivity index (χ2n) is 3.15. The summed E-state index contributed by atoms with van der Waals surface area (Å²) in [6.45, 7) is 0. The Hall–Kier alpha value is -1.33. The highest BCUT2D eigenvalue weighted by Gasteiger charge is 2.17. The topological polar surface area (TPSA) is 35.5 Å². The van der Waals surface area contributed by atoms with Crippen LogP contribution in [-0.4, -0.2) is 26.3 Å². The second kappa shape index (κ2) is 5.67. The fourth-order valence-electron chi connectivity index (χ4n) is 1.24. The van der Waals surface area contributed by atoms with Crippen LogP contribution in [0.1, 0.15) is 16.8 Å². The van der Waals surface area contributed by atoms with Crippen molar-refractivity contribution in [2.75, 3.05) is 14.2 Å². The van der Waals surface area contributed by atoms with E-state index in [2.05, 4.69) is 0 Å². The number of ketones is 1. The first-order valence-electron chi connectivity index (χ1n) is 4.62. The molecule has 5 heteroatoms. The lowest BCUT2D eigenvalue weighted by Gasteiger charge is -2.12. The number of benzene rings is 1. The normalized spacial score (nSPS) is 10.8. The van der Waals surface area contributed by atoms with Gasteiger partial charge in [-0.1, -0.05) is 0 Å². The Bertz CT molecular complexity index is 375. The molecule has 0 radical (unpaired) electrons. The number of hydrogen-bond donors (Lipinski definition) is 0. The third-order valence-corrected chi connectivity index (χ3v) is 2.11. The predicted octanol–water partition coefficient (Wildman–Crippen LogP) is 2.16. The molecule has 0 atom stereocenters. The first kappa shape index (κ1) is 12.7. The lowest BCUT2D eigenvalue weighted by Crippen LogP contribution is -2.19. The first-order chi connectivity index (χ1) is 7.58. The molecule has 1 aromatic carbocycles. The van der Waals surface area contributed by atoms with Crippen LogP contribution in [0.15, 0.2) is 18.2 Å². The molecule has 0 aliphatic heterocycles. The van der Waals surface area contributed by atoms with Crippen LogP contribution in [0.2, 0.25) is 0 Å². The monoisotopic (exact) mass is 230 g/mol. The summed E-state index contributed by atoms with van der Waals surface area (Å²) in [4.78, 5) is 11.6. The standard InChI is InChI=1S/C11H12F2O3/c1-15-11(16-2)6-10(14)8-5-7(12)3-4-9(8)13/h3-5,11H,6H2,1-2H3. The molecule has 0 saturated heterocycles. The molecule has 0 aromatic heterocycles. The lowest BCUT2D eigenvalue weighted by molar-refractivity contribution is -0.0993. The van der Waals surface area contributed by atoms with E-state index in [1.165, 1.54) is 14.2 Å². The third kappa shape index (κ3) is 3.08. The molecule has 0 spiro atoms. The van der Waals surface area contributed by atoms with Crippen LogP contribution >= 0.6 is 0 Å². The zero-order valence-corrected chi connectivity index (χ0v) is 9.00. The number of Topliss-reactive ketones (excluding diaryl/α,β-unsaturated/α-hetero) is 1. The quantitative estimate of drug-likeness (QED) is 0.574. The number of hydrogen-bond acceptors (Lipinski definition) is 3. The van der Waals surface area contributed by atoms with Crippen LogP contribution in [0, 0.1) is 11.6 Å². The summed E-state index contributed by atoms with van der Waals surface area (Å²) < 4.78 is 35.6. The zero-order chi connectivity index (χ0) is 12.1. The Kier molecular flexibility index (Phi) is 4.52. The van der Waals surface area contributed by atoms with E-state index in [1.54, 1.807) is 0 Å². The van der Waals surface area contributed by atoms with Gasteiger partial charge >= 0.3 is 0 Å². The van der Waals surface area contributed by atoms with Crippen molar-refractivity contribution in [3.05, 3.63) is 35.4 Å². The van der Waals surface area contributed by atoms with E-state index in [0.717, 1.165) is 18.2 Å². The molecule has 88 valence electrons. The van der Waals surface area contributed by atoms with E-state index in [0.29, 0.717) is 0 Å². The van der Waals surface area contributed by atoms with Gasteiger partial charge in [0.05, 0.1) is 12.0 Å². The van der Waals surface area contributed by atoms with E-state index in [-0.39, 0.29) is 12.0 Å². The van der Waals surface area contributed by atoms with E-state index in [4.69, 9.17) is 9.47 Å². The average Bonchev–Trinajstić information content (AvgIpc) is 2.28. The van der Waals surface area contributed by atoms with Crippen LogP contribution in [0.4, 0.5) is 8.78 Å². The van der Waals surface area contributed by atoms with Crippen LogP contribution in [0.25, 0.3) is 0 Å². The van der Waals surface area contributed by atoms with E-state index in [9.17, 15) is 13.6 Å². The van der Waals surface area contributed by atoms with Gasteiger partial charge in [-0.15, -0.1) is 0 Å². The second-order valence-corrected chi connectivity index (χ2v) is 3.15. The number of carbonyl (C=O) groups excluding carboxylic acids is 1. The molecule has 0 aliphatic rings. The van der Waals surface area contributed by atoms with Crippen LogP contribution in [0.5, 0.6) is 0 Å². The summed E-state index contributed by atoms with van der Waals surface area (Å²) in [6, 6.07) is 2.73. The molecule has 0 amide bonds. The maximum atomic E-state index is 13.2. The minimum absolute atomic E-state index is 0.159. The fraction of sp³-hybridized carbons (Fsp3) is 0.364. The summed E-state index contributed by atoms with van der Waals surface area (Å²) in [5.41, 5.74) is -0.292. The van der Waals surface area contributed by atoms with E-state index in [1.807, 2.05) is 0 Å². The molecular weight excluding hydrogens is 218 g/mol. The SMILES string of the molecule is COC(CC(=O)c1cc(F)ccc1F)OC. The van der Waals surface area contributed by atoms with Crippen molar-refractivity contribution < 1.29 is 23.0 Å². The minimum atomic E-state index is -0.754. The predicted molar refractivity (Wildman–Crippen MR) is 53.1 cm³/mol. The van der Waals surface area contributed by atoms with Gasteiger partial charge in [-0.2, -0.15) is 0 Å². The van der Waals surface area contributed by atoms with Crippen LogP contribution in [0.3, 0.4) is 0 Å². The molecule has 0 heterocycles. The Balaban J connectivity index is 2.83. The number of rotatable bonds is 5. The minimum Gasteiger partial charge on any atom is -0.355 e. The molecule has 0 saturated carbocycles. The Morgan fingerprint density at radius 1 is 1.31 bits per heavy atom. The number of methoxy groups -OCH3 is 2. The fourth-order valence-corrected chi connectivity index (χ4v) is 1.24. The van der Waals surface area contributed by atoms with Crippen molar-refractivity contribution in [2.24, 2.45) is 0 Å². The highest BCUT2D eigenvalue weighted by atomic mass is 19.1. The van der Waals surface area contributed by atoms with Gasteiger partial charge in [0, 0.05) is 14.2 Å². The van der Waals surface area contributed by atoms with Crippen molar-refractivity contribution in [3.8, 4) is 0 Å². The van der Waals surface area contributed by atoms with Gasteiger partial charge in [0.1, 0.15) is 11.6 Å². The van der Waals surface area contributed by atoms with Gasteiger partial charge in [0.15, 0.2) is 12.1 Å². The molecule has 0 aliphatic carbocycles. The summed E-state index contributed by atoms with van der Waals surface area (Å²) in [6.07, 6.45) is -0.914. The van der Waals surface area contributed by atoms with E-state index < -0.39 is 23.7 Å². The van der Waals surface area contributed by atoms with Crippen molar-refractivity contribution in [2.45, 2.75) is 12.7 Å². The summed E-state index contributed by atoms with van der Waals surface area (Å²) in [7, 11) is 2.73. The van der Waals surface area contributed by atoms with Gasteiger partial charge in [-0.3, -0.25) is 4.79 Å². The highest BCUT2D eigenvalue weighted by Crippen LogP contribution is 2.13. The molecule has 1 rings (SSSR count).